The monoisotopic (exact) mass is 904 g/mol. The molecule has 0 aromatic carbocycles. The van der Waals surface area contributed by atoms with Crippen LogP contribution in [0, 0.1) is 0 Å². The molecule has 63 heavy (non-hydrogen) atoms. The second kappa shape index (κ2) is 45.1. The highest BCUT2D eigenvalue weighted by Crippen LogP contribution is 2.43. The summed E-state index contributed by atoms with van der Waals surface area (Å²) in [6.07, 6.45) is 61.8. The van der Waals surface area contributed by atoms with Gasteiger partial charge in [-0.2, -0.15) is 0 Å². The van der Waals surface area contributed by atoms with Gasteiger partial charge in [0.05, 0.1) is 39.9 Å². The Labute approximate surface area is 389 Å². The van der Waals surface area contributed by atoms with Crippen LogP contribution in [0.25, 0.3) is 0 Å². The van der Waals surface area contributed by atoms with E-state index >= 15 is 0 Å². The molecule has 0 fully saturated rings. The summed E-state index contributed by atoms with van der Waals surface area (Å²) in [5.74, 6) is -0.154. The average Bonchev–Trinajstić information content (AvgIpc) is 3.24. The molecule has 0 aliphatic rings. The minimum Gasteiger partial charge on any atom is -0.391 e. The number of hydrogen-bond acceptors (Lipinski definition) is 5. The van der Waals surface area contributed by atoms with Crippen LogP contribution in [0.2, 0.25) is 0 Å². The topological polar surface area (TPSA) is 105 Å². The van der Waals surface area contributed by atoms with E-state index in [1.165, 1.54) is 103 Å². The molecular formula is C54H100N2O6P+. The van der Waals surface area contributed by atoms with E-state index in [1.54, 1.807) is 0 Å². The van der Waals surface area contributed by atoms with Crippen molar-refractivity contribution in [3.05, 3.63) is 72.9 Å². The number of nitrogens with one attached hydrogen (secondary N) is 1. The maximum Gasteiger partial charge on any atom is 0.472 e. The summed E-state index contributed by atoms with van der Waals surface area (Å²) < 4.78 is 23.4. The molecule has 0 heterocycles. The van der Waals surface area contributed by atoms with Crippen molar-refractivity contribution in [2.45, 2.75) is 225 Å². The normalized spacial score (nSPS) is 14.7. The Morgan fingerprint density at radius 3 is 1.38 bits per heavy atom. The molecule has 3 atom stereocenters. The van der Waals surface area contributed by atoms with E-state index in [1.807, 2.05) is 21.1 Å². The van der Waals surface area contributed by atoms with Crippen LogP contribution < -0.4 is 5.32 Å². The largest absolute Gasteiger partial charge is 0.472 e. The van der Waals surface area contributed by atoms with E-state index in [0.29, 0.717) is 23.9 Å². The fourth-order valence-electron chi connectivity index (χ4n) is 7.17. The van der Waals surface area contributed by atoms with Gasteiger partial charge >= 0.3 is 7.82 Å². The van der Waals surface area contributed by atoms with Gasteiger partial charge in [-0.3, -0.25) is 13.8 Å². The minimum absolute atomic E-state index is 0.0724. The number of carbonyl (C=O) groups is 1. The van der Waals surface area contributed by atoms with Gasteiger partial charge in [-0.05, 0) is 64.2 Å². The Balaban J connectivity index is 3.75. The molecule has 0 aliphatic carbocycles. The molecule has 0 aromatic heterocycles. The first kappa shape index (κ1) is 60.9. The lowest BCUT2D eigenvalue weighted by Gasteiger charge is -2.26. The zero-order chi connectivity index (χ0) is 46.4. The first-order chi connectivity index (χ1) is 30.5. The fraction of sp³-hybridized carbons (Fsp3) is 0.759. The Morgan fingerprint density at radius 2 is 0.952 bits per heavy atom. The predicted octanol–water partition coefficient (Wildman–Crippen LogP) is 15.1. The standard InChI is InChI=1S/C54H99N2O6P/c1-6-8-10-12-13-14-15-16-17-18-19-20-21-22-23-24-25-26-27-28-29-30-31-32-33-34-35-36-37-38-39-40-41-42-43-44-46-48-54(58)55-52(53(57)47-45-11-9-7-2)51-62-63(59,60)61-50-49-56(3,4)5/h8,10,13-14,16-17,19-20,22-23,25-26,52-53,57H,6-7,9,11-12,15,18,21,24,27-51H2,1-5H3,(H-,55,58,59,60)/p+1/b10-8-,14-13-,17-16-,20-19-,23-22-,26-25-. The molecule has 3 unspecified atom stereocenters. The summed E-state index contributed by atoms with van der Waals surface area (Å²) in [5.41, 5.74) is 0. The van der Waals surface area contributed by atoms with Gasteiger partial charge in [-0.1, -0.05) is 215 Å². The van der Waals surface area contributed by atoms with Crippen molar-refractivity contribution in [1.82, 2.24) is 5.32 Å². The van der Waals surface area contributed by atoms with Gasteiger partial charge in [0.2, 0.25) is 5.91 Å². The lowest BCUT2D eigenvalue weighted by atomic mass is 10.0. The summed E-state index contributed by atoms with van der Waals surface area (Å²) in [6.45, 7) is 4.65. The third kappa shape index (κ3) is 47.7. The van der Waals surface area contributed by atoms with Crippen molar-refractivity contribution >= 4 is 13.7 Å². The number of amides is 1. The first-order valence-corrected chi connectivity index (χ1v) is 27.3. The quantitative estimate of drug-likeness (QED) is 0.0243. The molecular weight excluding hydrogens is 804 g/mol. The first-order valence-electron chi connectivity index (χ1n) is 25.8. The number of aliphatic hydroxyl groups excluding tert-OH is 1. The highest BCUT2D eigenvalue weighted by Gasteiger charge is 2.28. The lowest BCUT2D eigenvalue weighted by molar-refractivity contribution is -0.870. The minimum atomic E-state index is -4.30. The number of quaternary nitrogens is 1. The third-order valence-corrected chi connectivity index (χ3v) is 12.2. The van der Waals surface area contributed by atoms with E-state index in [-0.39, 0.29) is 19.1 Å². The van der Waals surface area contributed by atoms with Crippen molar-refractivity contribution in [2.24, 2.45) is 0 Å². The summed E-state index contributed by atoms with van der Waals surface area (Å²) >= 11 is 0. The second-order valence-electron chi connectivity index (χ2n) is 18.5. The van der Waals surface area contributed by atoms with Crippen LogP contribution in [0.5, 0.6) is 0 Å². The van der Waals surface area contributed by atoms with Gasteiger partial charge in [0.25, 0.3) is 0 Å². The molecule has 0 rings (SSSR count). The number of phosphoric acid groups is 1. The molecule has 366 valence electrons. The number of allylic oxidation sites excluding steroid dienone is 12. The fourth-order valence-corrected chi connectivity index (χ4v) is 7.90. The van der Waals surface area contributed by atoms with Crippen molar-refractivity contribution in [2.75, 3.05) is 40.9 Å². The van der Waals surface area contributed by atoms with Gasteiger partial charge in [-0.15, -0.1) is 0 Å². The van der Waals surface area contributed by atoms with Crippen LogP contribution in [0.1, 0.15) is 213 Å². The number of phosphoric ester groups is 1. The van der Waals surface area contributed by atoms with E-state index < -0.39 is 20.0 Å². The molecule has 0 bridgehead atoms. The second-order valence-corrected chi connectivity index (χ2v) is 20.0. The molecule has 0 aliphatic heterocycles. The Morgan fingerprint density at radius 1 is 0.556 bits per heavy atom. The lowest BCUT2D eigenvalue weighted by Crippen LogP contribution is -2.46. The van der Waals surface area contributed by atoms with Crippen molar-refractivity contribution in [1.29, 1.82) is 0 Å². The third-order valence-electron chi connectivity index (χ3n) is 11.2. The molecule has 8 nitrogen and oxygen atoms in total. The van der Waals surface area contributed by atoms with Crippen LogP contribution in [-0.2, 0) is 18.4 Å². The van der Waals surface area contributed by atoms with Crippen LogP contribution in [0.4, 0.5) is 0 Å². The summed E-state index contributed by atoms with van der Waals surface area (Å²) in [4.78, 5) is 22.9. The molecule has 0 spiro atoms. The van der Waals surface area contributed by atoms with Crippen LogP contribution in [0.3, 0.4) is 0 Å². The number of carbonyl (C=O) groups excluding carboxylic acids is 1. The number of rotatable bonds is 46. The molecule has 0 radical (unpaired) electrons. The Hall–Kier alpha value is -2.06. The van der Waals surface area contributed by atoms with Gasteiger partial charge in [0.1, 0.15) is 13.2 Å². The number of hydrogen-bond donors (Lipinski definition) is 3. The summed E-state index contributed by atoms with van der Waals surface area (Å²) in [5, 5.41) is 13.7. The van der Waals surface area contributed by atoms with Gasteiger partial charge in [0.15, 0.2) is 0 Å². The maximum atomic E-state index is 12.8. The SMILES string of the molecule is CC/C=C\C/C=C\C/C=C\C/C=C\C/C=C\C/C=C\CCCCCCCCCCCCCCCCCCCCC(=O)NC(COP(=O)(O)OCC[N+](C)(C)C)C(O)CCCCCC. The number of nitrogens with zero attached hydrogens (tertiary/aromatic N) is 1. The van der Waals surface area contributed by atoms with Crippen molar-refractivity contribution < 1.29 is 32.9 Å². The van der Waals surface area contributed by atoms with Crippen LogP contribution >= 0.6 is 7.82 Å². The molecule has 0 saturated heterocycles. The Kier molecular flexibility index (Phi) is 43.6. The predicted molar refractivity (Wildman–Crippen MR) is 272 cm³/mol. The Bertz CT molecular complexity index is 1250. The van der Waals surface area contributed by atoms with E-state index in [2.05, 4.69) is 92.1 Å². The zero-order valence-electron chi connectivity index (χ0n) is 41.5. The van der Waals surface area contributed by atoms with E-state index in [0.717, 1.165) is 83.5 Å². The smallest absolute Gasteiger partial charge is 0.391 e. The molecule has 9 heteroatoms. The van der Waals surface area contributed by atoms with E-state index in [4.69, 9.17) is 9.05 Å². The molecule has 1 amide bonds. The number of unbranched alkanes of at least 4 members (excludes halogenated alkanes) is 21. The van der Waals surface area contributed by atoms with Crippen LogP contribution in [0.15, 0.2) is 72.9 Å². The maximum absolute atomic E-state index is 12.8. The highest BCUT2D eigenvalue weighted by molar-refractivity contribution is 7.47. The van der Waals surface area contributed by atoms with Gasteiger partial charge in [0, 0.05) is 6.42 Å². The van der Waals surface area contributed by atoms with Crippen molar-refractivity contribution in [3.63, 3.8) is 0 Å². The van der Waals surface area contributed by atoms with Gasteiger partial charge < -0.3 is 19.8 Å². The van der Waals surface area contributed by atoms with Gasteiger partial charge in [-0.25, -0.2) is 4.57 Å². The molecule has 0 saturated carbocycles. The van der Waals surface area contributed by atoms with Crippen LogP contribution in [-0.4, -0.2) is 73.4 Å². The van der Waals surface area contributed by atoms with Crippen molar-refractivity contribution in [3.8, 4) is 0 Å². The summed E-state index contributed by atoms with van der Waals surface area (Å²) in [6, 6.07) is -0.757. The highest BCUT2D eigenvalue weighted by atomic mass is 31.2. The molecule has 0 aromatic rings. The molecule has 3 N–H and O–H groups in total. The average molecular weight is 904 g/mol. The zero-order valence-corrected chi connectivity index (χ0v) is 42.4. The summed E-state index contributed by atoms with van der Waals surface area (Å²) in [7, 11) is 1.61. The van der Waals surface area contributed by atoms with E-state index in [9.17, 15) is 19.4 Å². The number of aliphatic hydroxyl groups is 1. The number of likely N-dealkylation sites (N-methyl/N-ethyl adjacent to an activating group) is 1.